The Morgan fingerprint density at radius 3 is 2.23 bits per heavy atom. The van der Waals surface area contributed by atoms with Gasteiger partial charge in [0.05, 0.1) is 25.6 Å². The third-order valence-corrected chi connectivity index (χ3v) is 13.3. The van der Waals surface area contributed by atoms with E-state index in [0.29, 0.717) is 12.0 Å². The number of hydrogen-bond donors (Lipinski definition) is 11. The summed E-state index contributed by atoms with van der Waals surface area (Å²) in [5.41, 5.74) is 23.0. The zero-order valence-corrected chi connectivity index (χ0v) is 39.8. The van der Waals surface area contributed by atoms with Crippen molar-refractivity contribution in [1.29, 1.82) is 0 Å². The Hall–Kier alpha value is -6.60. The molecule has 7 atom stereocenters. The summed E-state index contributed by atoms with van der Waals surface area (Å²) in [6, 6.07) is 8.39. The summed E-state index contributed by atoms with van der Waals surface area (Å²) in [4.78, 5) is 125. The number of likely N-dealkylation sites (tertiary alicyclic amines) is 1. The lowest BCUT2D eigenvalue weighted by Gasteiger charge is -2.30. The first-order valence-electron chi connectivity index (χ1n) is 22.3. The lowest BCUT2D eigenvalue weighted by Crippen LogP contribution is -2.59. The van der Waals surface area contributed by atoms with E-state index in [9.17, 15) is 48.3 Å². The Labute approximate surface area is 406 Å². The minimum Gasteiger partial charge on any atom is -0.508 e. The van der Waals surface area contributed by atoms with Gasteiger partial charge in [-0.05, 0) is 62.3 Å². The highest BCUT2D eigenvalue weighted by atomic mass is 33.1. The summed E-state index contributed by atoms with van der Waals surface area (Å²) >= 11 is 0. The average molecular weight is 999 g/mol. The number of benzene rings is 2. The molecule has 2 aromatic carbocycles. The number of nitrogens with zero attached hydrogens (tertiary/aromatic N) is 2. The molecule has 0 saturated carbocycles. The van der Waals surface area contributed by atoms with Crippen LogP contribution >= 0.6 is 21.6 Å². The largest absolute Gasteiger partial charge is 0.508 e. The number of carbonyl (C=O) groups excluding carboxylic acids is 9. The normalized spacial score (nSPS) is 22.6. The van der Waals surface area contributed by atoms with Crippen LogP contribution in [0.15, 0.2) is 59.6 Å². The Balaban J connectivity index is 1.59. The molecule has 2 aliphatic heterocycles. The van der Waals surface area contributed by atoms with E-state index in [-0.39, 0.29) is 81.4 Å². The smallest absolute Gasteiger partial charge is 0.249 e. The molecule has 2 fully saturated rings. The zero-order valence-electron chi connectivity index (χ0n) is 38.2. The van der Waals surface area contributed by atoms with Gasteiger partial charge in [0.25, 0.3) is 0 Å². The van der Waals surface area contributed by atoms with E-state index in [2.05, 4.69) is 36.9 Å². The fourth-order valence-corrected chi connectivity index (χ4v) is 9.47. The maximum absolute atomic E-state index is 14.4. The number of nitrogens with two attached hydrogens (primary N) is 4. The van der Waals surface area contributed by atoms with E-state index in [4.69, 9.17) is 27.7 Å². The van der Waals surface area contributed by atoms with Crippen LogP contribution in [0.25, 0.3) is 0 Å². The van der Waals surface area contributed by atoms with Crippen molar-refractivity contribution in [2.75, 3.05) is 37.7 Å². The monoisotopic (exact) mass is 998 g/mol. The first kappa shape index (κ1) is 55.0. The number of aliphatic imine (C=N–C) groups is 1. The number of carbonyl (C=O) groups is 9. The summed E-state index contributed by atoms with van der Waals surface area (Å²) in [7, 11) is 2.32. The van der Waals surface area contributed by atoms with Crippen molar-refractivity contribution in [3.8, 4) is 5.75 Å². The molecule has 2 heterocycles. The second-order valence-electron chi connectivity index (χ2n) is 16.4. The number of nitrogens with one attached hydrogen (secondary N) is 6. The molecule has 0 unspecified atom stereocenters. The van der Waals surface area contributed by atoms with E-state index in [1.807, 2.05) is 30.3 Å². The molecular formula is C44H62N12O11S2. The number of hydrogen-bond acceptors (Lipinski definition) is 14. The maximum atomic E-state index is 14.4. The van der Waals surface area contributed by atoms with Crippen molar-refractivity contribution >= 4 is 80.7 Å². The van der Waals surface area contributed by atoms with E-state index in [1.54, 1.807) is 12.1 Å². The highest BCUT2D eigenvalue weighted by molar-refractivity contribution is 8.76. The Kier molecular flexibility index (Phi) is 22.3. The van der Waals surface area contributed by atoms with E-state index in [0.717, 1.165) is 16.4 Å². The molecule has 9 amide bonds. The van der Waals surface area contributed by atoms with Gasteiger partial charge in [-0.2, -0.15) is 0 Å². The molecule has 69 heavy (non-hydrogen) atoms. The van der Waals surface area contributed by atoms with E-state index >= 15 is 0 Å². The first-order valence-corrected chi connectivity index (χ1v) is 24.8. The number of phenolic OH excluding ortho intramolecular Hbond substituents is 1. The van der Waals surface area contributed by atoms with Crippen LogP contribution in [0.5, 0.6) is 5.75 Å². The molecule has 0 aliphatic carbocycles. The molecular weight excluding hydrogens is 937 g/mol. The summed E-state index contributed by atoms with van der Waals surface area (Å²) < 4.78 is 5.95. The standard InChI is InChI=1S/C44H62N12O11S2/c1-25-38(61)54-32(21-35(45)58)41(64)55-33(43(66)56-17-6-10-34(56)42(65)53-30(9-5-16-49-44(47)48)39(62)50-22-36(46)59)24-69-68-18-15-37(60)52-31(20-27-11-13-29(57)14-12-27)40(63)51-28(23-67-25)19-26-7-3-2-4-8-26/h2-4,7-8,11-14,25,28,30-34,57H,5-6,9-10,15-24H2,1H3,(H2,45,58)(H2,46,59)(H,50,62)(H,51,63)(H,52,60)(H,53,65)(H,54,61)(H,55,64)(H4,47,48,49)/t25-,28-,30+,31-,32-,33-,34-/m0/s1. The van der Waals surface area contributed by atoms with E-state index < -0.39 is 108 Å². The van der Waals surface area contributed by atoms with Gasteiger partial charge in [0, 0.05) is 37.4 Å². The van der Waals surface area contributed by atoms with Gasteiger partial charge >= 0.3 is 0 Å². The zero-order chi connectivity index (χ0) is 50.5. The van der Waals surface area contributed by atoms with Gasteiger partial charge in [-0.25, -0.2) is 0 Å². The summed E-state index contributed by atoms with van der Waals surface area (Å²) in [6.45, 7) is 0.930. The van der Waals surface area contributed by atoms with Gasteiger partial charge in [0.2, 0.25) is 53.2 Å². The predicted octanol–water partition coefficient (Wildman–Crippen LogP) is -2.69. The highest BCUT2D eigenvalue weighted by Gasteiger charge is 2.40. The molecule has 0 aromatic heterocycles. The van der Waals surface area contributed by atoms with Gasteiger partial charge in [-0.1, -0.05) is 64.1 Å². The van der Waals surface area contributed by atoms with Crippen LogP contribution in [-0.4, -0.2) is 149 Å². The van der Waals surface area contributed by atoms with Gasteiger partial charge < -0.3 is 69.6 Å². The first-order chi connectivity index (χ1) is 32.9. The summed E-state index contributed by atoms with van der Waals surface area (Å²) in [5, 5.41) is 25.8. The van der Waals surface area contributed by atoms with Crippen molar-refractivity contribution in [2.24, 2.45) is 27.9 Å². The molecule has 0 radical (unpaired) electrons. The van der Waals surface area contributed by atoms with Crippen molar-refractivity contribution in [1.82, 2.24) is 36.8 Å². The van der Waals surface area contributed by atoms with Crippen LogP contribution in [-0.2, 0) is 60.7 Å². The molecule has 23 nitrogen and oxygen atoms in total. The van der Waals surface area contributed by atoms with Crippen LogP contribution in [0.3, 0.4) is 0 Å². The number of aromatic hydroxyl groups is 1. The van der Waals surface area contributed by atoms with Gasteiger partial charge in [-0.15, -0.1) is 0 Å². The topological polar surface area (TPSA) is 375 Å². The minimum atomic E-state index is -1.57. The fraction of sp³-hybridized carbons (Fsp3) is 0.500. The fourth-order valence-electron chi connectivity index (χ4n) is 7.33. The molecule has 2 saturated heterocycles. The van der Waals surface area contributed by atoms with Crippen LogP contribution in [0, 0.1) is 0 Å². The quantitative estimate of drug-likeness (QED) is 0.0353. The number of primary amides is 2. The second-order valence-corrected chi connectivity index (χ2v) is 19.0. The number of rotatable bonds is 16. The van der Waals surface area contributed by atoms with Crippen LogP contribution in [0.1, 0.15) is 56.6 Å². The average Bonchev–Trinajstić information content (AvgIpc) is 3.80. The molecule has 376 valence electrons. The molecule has 25 heteroatoms. The lowest BCUT2D eigenvalue weighted by molar-refractivity contribution is -0.142. The predicted molar refractivity (Wildman–Crippen MR) is 257 cm³/mol. The molecule has 4 rings (SSSR count). The van der Waals surface area contributed by atoms with Gasteiger partial charge in [-0.3, -0.25) is 48.1 Å². The third kappa shape index (κ3) is 19.1. The van der Waals surface area contributed by atoms with Crippen molar-refractivity contribution in [3.63, 3.8) is 0 Å². The molecule has 0 spiro atoms. The summed E-state index contributed by atoms with van der Waals surface area (Å²) in [6.07, 6.45) is -0.757. The Morgan fingerprint density at radius 1 is 0.855 bits per heavy atom. The number of guanidine groups is 1. The van der Waals surface area contributed by atoms with Crippen molar-refractivity contribution in [2.45, 2.75) is 101 Å². The molecule has 15 N–H and O–H groups in total. The van der Waals surface area contributed by atoms with Crippen LogP contribution in [0.4, 0.5) is 0 Å². The summed E-state index contributed by atoms with van der Waals surface area (Å²) in [5.74, 6) is -6.67. The van der Waals surface area contributed by atoms with Crippen molar-refractivity contribution < 1.29 is 53.0 Å². The number of ether oxygens (including phenoxy) is 1. The third-order valence-electron chi connectivity index (χ3n) is 10.9. The second kappa shape index (κ2) is 28.0. The van der Waals surface area contributed by atoms with Crippen LogP contribution < -0.4 is 54.8 Å². The SMILES string of the molecule is C[C@@H]1OC[C@H](Cc2ccccc2)NC(=O)[C@H](Cc2ccc(O)cc2)NC(=O)CCSSC[C@@H](C(=O)N2CCC[C@H]2C(=O)N[C@H](CCCN=C(N)N)C(=O)NCC(N)=O)NC(=O)[C@H](CC(N)=O)NC1=O. The van der Waals surface area contributed by atoms with Gasteiger partial charge in [0.15, 0.2) is 5.96 Å². The van der Waals surface area contributed by atoms with E-state index in [1.165, 1.54) is 34.8 Å². The molecule has 0 bridgehead atoms. The lowest BCUT2D eigenvalue weighted by atomic mass is 10.0. The molecule has 2 aliphatic rings. The Bertz CT molecular complexity index is 2150. The number of phenols is 1. The molecule has 2 aromatic rings. The minimum absolute atomic E-state index is 0.0219. The highest BCUT2D eigenvalue weighted by Crippen LogP contribution is 2.26. The number of amides is 9. The van der Waals surface area contributed by atoms with Gasteiger partial charge in [0.1, 0.15) is 42.1 Å². The van der Waals surface area contributed by atoms with Crippen LogP contribution in [0.2, 0.25) is 0 Å². The van der Waals surface area contributed by atoms with Crippen molar-refractivity contribution in [3.05, 3.63) is 65.7 Å². The Morgan fingerprint density at radius 2 is 1.55 bits per heavy atom. The maximum Gasteiger partial charge on any atom is 0.249 e.